The Bertz CT molecular complexity index is 729. The van der Waals surface area contributed by atoms with Gasteiger partial charge in [0.2, 0.25) is 0 Å². The van der Waals surface area contributed by atoms with Gasteiger partial charge >= 0.3 is 0 Å². The van der Waals surface area contributed by atoms with Crippen molar-refractivity contribution in [1.82, 2.24) is 4.90 Å². The van der Waals surface area contributed by atoms with Crippen LogP contribution in [0.25, 0.3) is 0 Å². The fraction of sp³-hybridized carbons (Fsp3) is 0.105. The van der Waals surface area contributed by atoms with Crippen molar-refractivity contribution >= 4 is 28.8 Å². The van der Waals surface area contributed by atoms with E-state index in [-0.39, 0.29) is 5.91 Å². The van der Waals surface area contributed by atoms with Crippen molar-refractivity contribution in [2.24, 2.45) is 0 Å². The van der Waals surface area contributed by atoms with E-state index in [1.807, 2.05) is 65.6 Å². The molecule has 23 heavy (non-hydrogen) atoms. The van der Waals surface area contributed by atoms with Crippen LogP contribution in [0, 0.1) is 0 Å². The number of nitrogens with zero attached hydrogens (tertiary/aromatic N) is 1. The van der Waals surface area contributed by atoms with Gasteiger partial charge in [-0.2, -0.15) is 0 Å². The zero-order chi connectivity index (χ0) is 16.1. The quantitative estimate of drug-likeness (QED) is 0.621. The van der Waals surface area contributed by atoms with E-state index in [1.54, 1.807) is 12.1 Å². The molecule has 0 aliphatic heterocycles. The van der Waals surface area contributed by atoms with Gasteiger partial charge in [-0.1, -0.05) is 72.3 Å². The summed E-state index contributed by atoms with van der Waals surface area (Å²) in [4.78, 5) is 15.4. The molecule has 1 heterocycles. The van der Waals surface area contributed by atoms with E-state index >= 15 is 0 Å². The van der Waals surface area contributed by atoms with Crippen molar-refractivity contribution in [2.45, 2.75) is 13.1 Å². The number of carbonyl (C=O) groups excluding carboxylic acids is 1. The van der Waals surface area contributed by atoms with E-state index in [9.17, 15) is 4.79 Å². The minimum absolute atomic E-state index is 0.00889. The summed E-state index contributed by atoms with van der Waals surface area (Å²) in [6, 6.07) is 23.6. The van der Waals surface area contributed by atoms with Crippen LogP contribution in [-0.2, 0) is 13.1 Å². The van der Waals surface area contributed by atoms with E-state index in [2.05, 4.69) is 0 Å². The van der Waals surface area contributed by atoms with Crippen molar-refractivity contribution < 1.29 is 4.79 Å². The molecule has 0 aliphatic rings. The van der Waals surface area contributed by atoms with Crippen LogP contribution < -0.4 is 0 Å². The second kappa shape index (κ2) is 7.44. The smallest absolute Gasteiger partial charge is 0.264 e. The highest BCUT2D eigenvalue weighted by Crippen LogP contribution is 2.24. The predicted octanol–water partition coefficient (Wildman–Crippen LogP) is 5.24. The first kappa shape index (κ1) is 15.8. The maximum absolute atomic E-state index is 12.8. The minimum atomic E-state index is 0.00889. The summed E-state index contributed by atoms with van der Waals surface area (Å²) in [6.45, 7) is 1.15. The summed E-state index contributed by atoms with van der Waals surface area (Å²) in [5, 5.41) is 0. The zero-order valence-electron chi connectivity index (χ0n) is 12.5. The Hall–Kier alpha value is -2.10. The van der Waals surface area contributed by atoms with Crippen molar-refractivity contribution in [2.75, 3.05) is 0 Å². The number of benzene rings is 2. The SMILES string of the molecule is O=C(c1ccc(Cl)s1)N(Cc1ccccc1)Cc1ccccc1. The van der Waals surface area contributed by atoms with Crippen molar-refractivity contribution in [1.29, 1.82) is 0 Å². The molecule has 0 radical (unpaired) electrons. The topological polar surface area (TPSA) is 20.3 Å². The van der Waals surface area contributed by atoms with Crippen LogP contribution in [0.15, 0.2) is 72.8 Å². The van der Waals surface area contributed by atoms with E-state index in [0.717, 1.165) is 11.1 Å². The predicted molar refractivity (Wildman–Crippen MR) is 95.8 cm³/mol. The number of amides is 1. The Morgan fingerprint density at radius 3 is 1.78 bits per heavy atom. The summed E-state index contributed by atoms with van der Waals surface area (Å²) in [7, 11) is 0. The summed E-state index contributed by atoms with van der Waals surface area (Å²) < 4.78 is 0.632. The molecule has 0 fully saturated rings. The van der Waals surface area contributed by atoms with Gasteiger partial charge in [0.1, 0.15) is 0 Å². The first-order chi connectivity index (χ1) is 11.2. The van der Waals surface area contributed by atoms with Crippen LogP contribution in [0.2, 0.25) is 4.34 Å². The van der Waals surface area contributed by atoms with E-state index in [4.69, 9.17) is 11.6 Å². The second-order valence-corrected chi connectivity index (χ2v) is 6.95. The molecule has 2 aromatic carbocycles. The van der Waals surface area contributed by atoms with Crippen LogP contribution in [0.4, 0.5) is 0 Å². The molecule has 3 rings (SSSR count). The lowest BCUT2D eigenvalue weighted by atomic mass is 10.1. The Kier molecular flexibility index (Phi) is 5.11. The van der Waals surface area contributed by atoms with Gasteiger partial charge in [-0.25, -0.2) is 0 Å². The molecule has 1 amide bonds. The second-order valence-electron chi connectivity index (χ2n) is 5.24. The van der Waals surface area contributed by atoms with Crippen molar-refractivity contribution in [3.8, 4) is 0 Å². The molecule has 2 nitrogen and oxygen atoms in total. The van der Waals surface area contributed by atoms with Crippen LogP contribution in [0.3, 0.4) is 0 Å². The lowest BCUT2D eigenvalue weighted by Gasteiger charge is -2.22. The molecule has 4 heteroatoms. The summed E-state index contributed by atoms with van der Waals surface area (Å²) in [5.41, 5.74) is 2.22. The summed E-state index contributed by atoms with van der Waals surface area (Å²) in [6.07, 6.45) is 0. The van der Waals surface area contributed by atoms with Crippen LogP contribution >= 0.6 is 22.9 Å². The van der Waals surface area contributed by atoms with Gasteiger partial charge in [0.15, 0.2) is 0 Å². The number of rotatable bonds is 5. The Morgan fingerprint density at radius 2 is 1.35 bits per heavy atom. The van der Waals surface area contributed by atoms with Crippen molar-refractivity contribution in [3.63, 3.8) is 0 Å². The highest BCUT2D eigenvalue weighted by atomic mass is 35.5. The average Bonchev–Trinajstić information content (AvgIpc) is 3.02. The molecular formula is C19H16ClNOS. The Labute approximate surface area is 145 Å². The van der Waals surface area contributed by atoms with E-state index in [0.29, 0.717) is 22.3 Å². The van der Waals surface area contributed by atoms with Gasteiger partial charge < -0.3 is 4.90 Å². The third kappa shape index (κ3) is 4.21. The lowest BCUT2D eigenvalue weighted by Crippen LogP contribution is -2.29. The monoisotopic (exact) mass is 341 g/mol. The largest absolute Gasteiger partial charge is 0.329 e. The fourth-order valence-electron chi connectivity index (χ4n) is 2.39. The average molecular weight is 342 g/mol. The van der Waals surface area contributed by atoms with Gasteiger partial charge in [-0.05, 0) is 23.3 Å². The molecule has 0 N–H and O–H groups in total. The molecule has 0 atom stereocenters. The summed E-state index contributed by atoms with van der Waals surface area (Å²) in [5.74, 6) is 0.00889. The van der Waals surface area contributed by atoms with Crippen LogP contribution in [0.1, 0.15) is 20.8 Å². The fourth-order valence-corrected chi connectivity index (χ4v) is 3.40. The minimum Gasteiger partial charge on any atom is -0.329 e. The van der Waals surface area contributed by atoms with Gasteiger partial charge in [-0.3, -0.25) is 4.79 Å². The van der Waals surface area contributed by atoms with Crippen molar-refractivity contribution in [3.05, 3.63) is 93.1 Å². The Morgan fingerprint density at radius 1 is 0.826 bits per heavy atom. The highest BCUT2D eigenvalue weighted by molar-refractivity contribution is 7.17. The standard InChI is InChI=1S/C19H16ClNOS/c20-18-12-11-17(23-18)19(22)21(13-15-7-3-1-4-8-15)14-16-9-5-2-6-10-16/h1-12H,13-14H2. The van der Waals surface area contributed by atoms with Gasteiger partial charge in [0, 0.05) is 13.1 Å². The Balaban J connectivity index is 1.84. The van der Waals surface area contributed by atoms with Crippen LogP contribution in [0.5, 0.6) is 0 Å². The van der Waals surface area contributed by atoms with Gasteiger partial charge in [0.25, 0.3) is 5.91 Å². The van der Waals surface area contributed by atoms with Gasteiger partial charge in [0.05, 0.1) is 9.21 Å². The molecule has 0 aliphatic carbocycles. The normalized spacial score (nSPS) is 10.5. The number of hydrogen-bond donors (Lipinski definition) is 0. The van der Waals surface area contributed by atoms with E-state index in [1.165, 1.54) is 11.3 Å². The summed E-state index contributed by atoms with van der Waals surface area (Å²) >= 11 is 7.30. The number of thiophene rings is 1. The first-order valence-corrected chi connectivity index (χ1v) is 8.54. The molecule has 0 bridgehead atoms. The van der Waals surface area contributed by atoms with Crippen LogP contribution in [-0.4, -0.2) is 10.8 Å². The molecule has 0 spiro atoms. The molecule has 116 valence electrons. The third-order valence-corrected chi connectivity index (χ3v) is 4.72. The molecule has 0 unspecified atom stereocenters. The maximum Gasteiger partial charge on any atom is 0.264 e. The third-order valence-electron chi connectivity index (χ3n) is 3.50. The maximum atomic E-state index is 12.8. The molecule has 3 aromatic rings. The molecule has 1 aromatic heterocycles. The molecule has 0 saturated heterocycles. The zero-order valence-corrected chi connectivity index (χ0v) is 14.1. The van der Waals surface area contributed by atoms with Gasteiger partial charge in [-0.15, -0.1) is 11.3 Å². The number of hydrogen-bond acceptors (Lipinski definition) is 2. The molecule has 0 saturated carbocycles. The molecular weight excluding hydrogens is 326 g/mol. The number of halogens is 1. The highest BCUT2D eigenvalue weighted by Gasteiger charge is 2.18. The number of carbonyl (C=O) groups is 1. The van der Waals surface area contributed by atoms with E-state index < -0.39 is 0 Å². The lowest BCUT2D eigenvalue weighted by molar-refractivity contribution is 0.0735. The first-order valence-electron chi connectivity index (χ1n) is 7.35.